The molecule has 0 amide bonds. The summed E-state index contributed by atoms with van der Waals surface area (Å²) >= 11 is 0. The van der Waals surface area contributed by atoms with Crippen LogP contribution >= 0.6 is 0 Å². The van der Waals surface area contributed by atoms with Gasteiger partial charge in [0.05, 0.1) is 0 Å². The number of aryl methyl sites for hydroxylation is 1. The molecular formula is C23H32N4. The van der Waals surface area contributed by atoms with Crippen LogP contribution in [0.4, 0.5) is 11.8 Å². The minimum absolute atomic E-state index is 0.326. The Bertz CT molecular complexity index is 752. The highest BCUT2D eigenvalue weighted by atomic mass is 15.3. The van der Waals surface area contributed by atoms with E-state index in [1.54, 1.807) is 5.57 Å². The Morgan fingerprint density at radius 3 is 2.63 bits per heavy atom. The van der Waals surface area contributed by atoms with Gasteiger partial charge < -0.3 is 10.2 Å². The predicted octanol–water partition coefficient (Wildman–Crippen LogP) is 5.50. The van der Waals surface area contributed by atoms with Gasteiger partial charge in [-0.1, -0.05) is 42.0 Å². The zero-order valence-electron chi connectivity index (χ0n) is 16.9. The molecule has 0 aliphatic heterocycles. The van der Waals surface area contributed by atoms with Gasteiger partial charge in [-0.05, 0) is 58.4 Å². The van der Waals surface area contributed by atoms with Crippen LogP contribution in [-0.4, -0.2) is 22.6 Å². The molecule has 27 heavy (non-hydrogen) atoms. The molecule has 144 valence electrons. The average Bonchev–Trinajstić information content (AvgIpc) is 2.67. The van der Waals surface area contributed by atoms with Gasteiger partial charge in [-0.2, -0.15) is 4.98 Å². The summed E-state index contributed by atoms with van der Waals surface area (Å²) in [7, 11) is 0. The lowest BCUT2D eigenvalue weighted by Crippen LogP contribution is -2.32. The zero-order chi connectivity index (χ0) is 19.1. The first-order chi connectivity index (χ1) is 13.1. The van der Waals surface area contributed by atoms with E-state index in [4.69, 9.17) is 9.97 Å². The van der Waals surface area contributed by atoms with Crippen molar-refractivity contribution in [2.24, 2.45) is 0 Å². The molecule has 0 unspecified atom stereocenters. The van der Waals surface area contributed by atoms with E-state index in [2.05, 4.69) is 60.5 Å². The highest BCUT2D eigenvalue weighted by Crippen LogP contribution is 2.21. The number of benzene rings is 1. The molecule has 0 spiro atoms. The van der Waals surface area contributed by atoms with Crippen molar-refractivity contribution in [1.82, 2.24) is 9.97 Å². The van der Waals surface area contributed by atoms with Crippen LogP contribution in [0.1, 0.15) is 57.2 Å². The van der Waals surface area contributed by atoms with Crippen LogP contribution in [0.3, 0.4) is 0 Å². The summed E-state index contributed by atoms with van der Waals surface area (Å²) in [6.07, 6.45) is 8.71. The van der Waals surface area contributed by atoms with Crippen LogP contribution in [0.2, 0.25) is 0 Å². The summed E-state index contributed by atoms with van der Waals surface area (Å²) in [6.45, 7) is 8.17. The van der Waals surface area contributed by atoms with Crippen LogP contribution in [-0.2, 0) is 6.54 Å². The number of allylic oxidation sites excluding steroid dienone is 1. The van der Waals surface area contributed by atoms with E-state index in [1.165, 1.54) is 31.2 Å². The van der Waals surface area contributed by atoms with Crippen LogP contribution in [0.25, 0.3) is 0 Å². The van der Waals surface area contributed by atoms with Crippen molar-refractivity contribution in [2.45, 2.75) is 65.5 Å². The van der Waals surface area contributed by atoms with Crippen LogP contribution < -0.4 is 10.2 Å². The fourth-order valence-electron chi connectivity index (χ4n) is 3.52. The first-order valence-corrected chi connectivity index (χ1v) is 10.2. The molecule has 3 rings (SSSR count). The Kier molecular flexibility index (Phi) is 6.86. The van der Waals surface area contributed by atoms with Gasteiger partial charge in [-0.15, -0.1) is 0 Å². The third-order valence-corrected chi connectivity index (χ3v) is 5.06. The van der Waals surface area contributed by atoms with E-state index in [-0.39, 0.29) is 0 Å². The highest BCUT2D eigenvalue weighted by Gasteiger charge is 2.15. The largest absolute Gasteiger partial charge is 0.370 e. The number of rotatable bonds is 8. The van der Waals surface area contributed by atoms with Crippen LogP contribution in [0, 0.1) is 6.92 Å². The Morgan fingerprint density at radius 2 is 1.93 bits per heavy atom. The van der Waals surface area contributed by atoms with Crippen molar-refractivity contribution in [2.75, 3.05) is 16.8 Å². The smallest absolute Gasteiger partial charge is 0.228 e. The third-order valence-electron chi connectivity index (χ3n) is 5.06. The van der Waals surface area contributed by atoms with Gasteiger partial charge in [0.1, 0.15) is 5.82 Å². The molecule has 0 fully saturated rings. The molecule has 2 aromatic rings. The number of aromatic nitrogens is 2. The zero-order valence-corrected chi connectivity index (χ0v) is 16.9. The summed E-state index contributed by atoms with van der Waals surface area (Å²) in [6, 6.07) is 12.9. The molecule has 0 saturated carbocycles. The molecule has 1 N–H and O–H groups in total. The van der Waals surface area contributed by atoms with Crippen molar-refractivity contribution in [3.8, 4) is 0 Å². The van der Waals surface area contributed by atoms with Crippen molar-refractivity contribution in [3.05, 3.63) is 59.3 Å². The monoisotopic (exact) mass is 364 g/mol. The third kappa shape index (κ3) is 5.81. The van der Waals surface area contributed by atoms with Crippen LogP contribution in [0.15, 0.2) is 48.0 Å². The lowest BCUT2D eigenvalue weighted by atomic mass is 9.97. The second kappa shape index (κ2) is 9.54. The van der Waals surface area contributed by atoms with Crippen molar-refractivity contribution < 1.29 is 0 Å². The Morgan fingerprint density at radius 1 is 1.11 bits per heavy atom. The van der Waals surface area contributed by atoms with Gasteiger partial charge in [0.2, 0.25) is 5.95 Å². The molecule has 1 aromatic carbocycles. The minimum atomic E-state index is 0.326. The Hall–Kier alpha value is -2.36. The molecule has 0 radical (unpaired) electrons. The van der Waals surface area contributed by atoms with Crippen LogP contribution in [0.5, 0.6) is 0 Å². The van der Waals surface area contributed by atoms with E-state index >= 15 is 0 Å². The summed E-state index contributed by atoms with van der Waals surface area (Å²) in [4.78, 5) is 11.8. The highest BCUT2D eigenvalue weighted by molar-refractivity contribution is 5.44. The number of hydrogen-bond acceptors (Lipinski definition) is 4. The molecule has 1 heterocycles. The second-order valence-electron chi connectivity index (χ2n) is 7.69. The average molecular weight is 365 g/mol. The fourth-order valence-corrected chi connectivity index (χ4v) is 3.52. The lowest BCUT2D eigenvalue weighted by Gasteiger charge is -2.27. The van der Waals surface area contributed by atoms with Gasteiger partial charge in [-0.25, -0.2) is 4.98 Å². The number of nitrogens with one attached hydrogen (secondary N) is 1. The van der Waals surface area contributed by atoms with E-state index in [0.717, 1.165) is 37.0 Å². The summed E-state index contributed by atoms with van der Waals surface area (Å²) in [5.41, 5.74) is 3.86. The molecule has 1 aromatic heterocycles. The Balaban J connectivity index is 1.69. The first kappa shape index (κ1) is 19.4. The topological polar surface area (TPSA) is 41.1 Å². The number of hydrogen-bond donors (Lipinski definition) is 1. The first-order valence-electron chi connectivity index (χ1n) is 10.2. The number of anilines is 2. The van der Waals surface area contributed by atoms with E-state index < -0.39 is 0 Å². The molecule has 1 aliphatic rings. The molecule has 0 saturated heterocycles. The van der Waals surface area contributed by atoms with Gasteiger partial charge >= 0.3 is 0 Å². The minimum Gasteiger partial charge on any atom is -0.370 e. The van der Waals surface area contributed by atoms with Crippen molar-refractivity contribution in [1.29, 1.82) is 0 Å². The van der Waals surface area contributed by atoms with Gasteiger partial charge in [-0.3, -0.25) is 0 Å². The normalized spacial score (nSPS) is 14.1. The quantitative estimate of drug-likeness (QED) is 0.628. The fraction of sp³-hybridized carbons (Fsp3) is 0.478. The summed E-state index contributed by atoms with van der Waals surface area (Å²) < 4.78 is 0. The maximum absolute atomic E-state index is 4.82. The van der Waals surface area contributed by atoms with E-state index in [9.17, 15) is 0 Å². The number of nitrogens with zero attached hydrogens (tertiary/aromatic N) is 3. The van der Waals surface area contributed by atoms with Crippen molar-refractivity contribution >= 4 is 11.8 Å². The molecular weight excluding hydrogens is 332 g/mol. The summed E-state index contributed by atoms with van der Waals surface area (Å²) in [5, 5.41) is 3.51. The Labute approximate surface area is 163 Å². The standard InChI is InChI=1S/C23H32N4/c1-18(2)27(17-21-12-8-5-9-13-21)23-25-19(3)16-22(26-23)24-15-14-20-10-6-4-7-11-20/h5,8-10,12-13,16,18H,4,6-7,11,14-15,17H2,1-3H3,(H,24,25,26). The van der Waals surface area contributed by atoms with Gasteiger partial charge in [0.25, 0.3) is 0 Å². The molecule has 0 atom stereocenters. The van der Waals surface area contributed by atoms with E-state index in [1.807, 2.05) is 13.0 Å². The summed E-state index contributed by atoms with van der Waals surface area (Å²) in [5.74, 6) is 1.72. The van der Waals surface area contributed by atoms with E-state index in [0.29, 0.717) is 6.04 Å². The predicted molar refractivity (Wildman–Crippen MR) is 114 cm³/mol. The van der Waals surface area contributed by atoms with Gasteiger partial charge in [0, 0.05) is 30.9 Å². The van der Waals surface area contributed by atoms with Gasteiger partial charge in [0.15, 0.2) is 0 Å². The van der Waals surface area contributed by atoms with Crippen molar-refractivity contribution in [3.63, 3.8) is 0 Å². The molecule has 1 aliphatic carbocycles. The lowest BCUT2D eigenvalue weighted by molar-refractivity contribution is 0.659. The maximum Gasteiger partial charge on any atom is 0.228 e. The second-order valence-corrected chi connectivity index (χ2v) is 7.69. The maximum atomic E-state index is 4.82. The molecule has 4 heteroatoms. The SMILES string of the molecule is Cc1cc(NCCC2=CCCCC2)nc(N(Cc2ccccc2)C(C)C)n1. The molecule has 0 bridgehead atoms. The molecule has 4 nitrogen and oxygen atoms in total.